The highest BCUT2D eigenvalue weighted by Crippen LogP contribution is 2.11. The van der Waals surface area contributed by atoms with Crippen molar-refractivity contribution in [2.45, 2.75) is 12.2 Å². The minimum absolute atomic E-state index is 0.131. The molecule has 9 heavy (non-hydrogen) atoms. The molecule has 1 aromatic rings. The van der Waals surface area contributed by atoms with Crippen LogP contribution in [0.1, 0.15) is 18.0 Å². The molecule has 0 saturated carbocycles. The molecule has 0 aliphatic carbocycles. The summed E-state index contributed by atoms with van der Waals surface area (Å²) in [5.74, 6) is 0.779. The van der Waals surface area contributed by atoms with E-state index in [-0.39, 0.29) is 5.25 Å². The molecule has 0 aliphatic heterocycles. The van der Waals surface area contributed by atoms with Crippen LogP contribution in [-0.2, 0) is 0 Å². The smallest absolute Gasteiger partial charge is 0.140 e. The van der Waals surface area contributed by atoms with Crippen molar-refractivity contribution >= 4 is 12.6 Å². The standard InChI is InChI=1S/C6H8N2S/c1-5(9)6-7-3-2-4-8-6/h2-5,9H,1H3. The minimum Gasteiger partial charge on any atom is -0.240 e. The number of rotatable bonds is 1. The van der Waals surface area contributed by atoms with Gasteiger partial charge >= 0.3 is 0 Å². The van der Waals surface area contributed by atoms with Crippen LogP contribution in [0.4, 0.5) is 0 Å². The lowest BCUT2D eigenvalue weighted by Crippen LogP contribution is -1.91. The van der Waals surface area contributed by atoms with E-state index in [9.17, 15) is 0 Å². The summed E-state index contributed by atoms with van der Waals surface area (Å²) in [7, 11) is 0. The second-order valence-electron chi connectivity index (χ2n) is 1.78. The van der Waals surface area contributed by atoms with Crippen LogP contribution in [0.5, 0.6) is 0 Å². The van der Waals surface area contributed by atoms with Gasteiger partial charge in [0.15, 0.2) is 0 Å². The van der Waals surface area contributed by atoms with Crippen LogP contribution < -0.4 is 0 Å². The zero-order valence-corrected chi connectivity index (χ0v) is 6.05. The lowest BCUT2D eigenvalue weighted by Gasteiger charge is -1.98. The van der Waals surface area contributed by atoms with E-state index in [2.05, 4.69) is 22.6 Å². The largest absolute Gasteiger partial charge is 0.240 e. The summed E-state index contributed by atoms with van der Waals surface area (Å²) < 4.78 is 0. The summed E-state index contributed by atoms with van der Waals surface area (Å²) in [6, 6.07) is 1.79. The fourth-order valence-electron chi connectivity index (χ4n) is 0.526. The first kappa shape index (κ1) is 6.55. The second-order valence-corrected chi connectivity index (χ2v) is 2.56. The van der Waals surface area contributed by atoms with Crippen molar-refractivity contribution in [1.82, 2.24) is 9.97 Å². The number of hydrogen-bond donors (Lipinski definition) is 1. The second kappa shape index (κ2) is 2.82. The number of thiol groups is 1. The molecule has 1 atom stereocenters. The molecule has 1 rings (SSSR count). The van der Waals surface area contributed by atoms with Crippen LogP contribution in [0, 0.1) is 0 Å². The third kappa shape index (κ3) is 1.68. The summed E-state index contributed by atoms with van der Waals surface area (Å²) in [6.07, 6.45) is 3.43. The molecule has 0 aromatic carbocycles. The van der Waals surface area contributed by atoms with Gasteiger partial charge in [-0.15, -0.1) is 0 Å². The fourth-order valence-corrected chi connectivity index (χ4v) is 0.660. The monoisotopic (exact) mass is 140 g/mol. The van der Waals surface area contributed by atoms with E-state index in [4.69, 9.17) is 0 Å². The molecule has 0 N–H and O–H groups in total. The average Bonchev–Trinajstić information content (AvgIpc) is 1.90. The number of hydrogen-bond acceptors (Lipinski definition) is 3. The summed E-state index contributed by atoms with van der Waals surface area (Å²) >= 11 is 4.16. The molecule has 0 radical (unpaired) electrons. The molecule has 1 unspecified atom stereocenters. The van der Waals surface area contributed by atoms with E-state index >= 15 is 0 Å². The van der Waals surface area contributed by atoms with Gasteiger partial charge in [0.2, 0.25) is 0 Å². The molecular formula is C6H8N2S. The van der Waals surface area contributed by atoms with Crippen LogP contribution in [0.25, 0.3) is 0 Å². The molecule has 48 valence electrons. The van der Waals surface area contributed by atoms with Crippen molar-refractivity contribution in [3.8, 4) is 0 Å². The van der Waals surface area contributed by atoms with Gasteiger partial charge in [-0.1, -0.05) is 0 Å². The van der Waals surface area contributed by atoms with Gasteiger partial charge in [-0.25, -0.2) is 9.97 Å². The molecule has 0 bridgehead atoms. The Morgan fingerprint density at radius 1 is 1.44 bits per heavy atom. The summed E-state index contributed by atoms with van der Waals surface area (Å²) in [5.41, 5.74) is 0. The maximum Gasteiger partial charge on any atom is 0.140 e. The third-order valence-corrected chi connectivity index (χ3v) is 1.19. The molecule has 2 nitrogen and oxygen atoms in total. The van der Waals surface area contributed by atoms with Crippen LogP contribution in [0.2, 0.25) is 0 Å². The van der Waals surface area contributed by atoms with Crippen molar-refractivity contribution in [1.29, 1.82) is 0 Å². The third-order valence-electron chi connectivity index (χ3n) is 0.959. The van der Waals surface area contributed by atoms with E-state index in [1.54, 1.807) is 18.5 Å². The number of aromatic nitrogens is 2. The predicted molar refractivity (Wildman–Crippen MR) is 39.4 cm³/mol. The van der Waals surface area contributed by atoms with E-state index in [0.29, 0.717) is 0 Å². The van der Waals surface area contributed by atoms with Gasteiger partial charge in [-0.05, 0) is 13.0 Å². The molecule has 0 amide bonds. The maximum atomic E-state index is 4.16. The van der Waals surface area contributed by atoms with Gasteiger partial charge in [0.25, 0.3) is 0 Å². The molecule has 0 aliphatic rings. The van der Waals surface area contributed by atoms with Gasteiger partial charge in [0.05, 0.1) is 5.25 Å². The first-order valence-electron chi connectivity index (χ1n) is 2.75. The van der Waals surface area contributed by atoms with Gasteiger partial charge in [0.1, 0.15) is 5.82 Å². The summed E-state index contributed by atoms with van der Waals surface area (Å²) in [5, 5.41) is 0.131. The average molecular weight is 140 g/mol. The Labute approximate surface area is 59.8 Å². The molecular weight excluding hydrogens is 132 g/mol. The van der Waals surface area contributed by atoms with Crippen molar-refractivity contribution in [3.05, 3.63) is 24.3 Å². The fraction of sp³-hybridized carbons (Fsp3) is 0.333. The van der Waals surface area contributed by atoms with E-state index < -0.39 is 0 Å². The highest BCUT2D eigenvalue weighted by Gasteiger charge is 1.98. The summed E-state index contributed by atoms with van der Waals surface area (Å²) in [4.78, 5) is 7.98. The van der Waals surface area contributed by atoms with Crippen LogP contribution in [0.15, 0.2) is 18.5 Å². The minimum atomic E-state index is 0.131. The molecule has 0 saturated heterocycles. The molecule has 3 heteroatoms. The molecule has 1 aromatic heterocycles. The van der Waals surface area contributed by atoms with E-state index in [1.807, 2.05) is 6.92 Å². The van der Waals surface area contributed by atoms with Gasteiger partial charge in [0, 0.05) is 12.4 Å². The van der Waals surface area contributed by atoms with Crippen LogP contribution in [0.3, 0.4) is 0 Å². The lowest BCUT2D eigenvalue weighted by molar-refractivity contribution is 0.924. The Balaban J connectivity index is 2.85. The van der Waals surface area contributed by atoms with Crippen molar-refractivity contribution < 1.29 is 0 Å². The van der Waals surface area contributed by atoms with E-state index in [1.165, 1.54) is 0 Å². The predicted octanol–water partition coefficient (Wildman–Crippen LogP) is 1.47. The topological polar surface area (TPSA) is 25.8 Å². The van der Waals surface area contributed by atoms with Crippen molar-refractivity contribution in [3.63, 3.8) is 0 Å². The Morgan fingerprint density at radius 2 is 2.00 bits per heavy atom. The van der Waals surface area contributed by atoms with Gasteiger partial charge in [-0.3, -0.25) is 0 Å². The van der Waals surface area contributed by atoms with Crippen molar-refractivity contribution in [2.75, 3.05) is 0 Å². The molecule has 1 heterocycles. The highest BCUT2D eigenvalue weighted by atomic mass is 32.1. The zero-order chi connectivity index (χ0) is 6.69. The molecule has 0 spiro atoms. The maximum absolute atomic E-state index is 4.16. The zero-order valence-electron chi connectivity index (χ0n) is 5.15. The Morgan fingerprint density at radius 3 is 2.33 bits per heavy atom. The Hall–Kier alpha value is -0.570. The van der Waals surface area contributed by atoms with Crippen molar-refractivity contribution in [2.24, 2.45) is 0 Å². The normalized spacial score (nSPS) is 13.1. The van der Waals surface area contributed by atoms with Crippen LogP contribution >= 0.6 is 12.6 Å². The molecule has 0 fully saturated rings. The van der Waals surface area contributed by atoms with Gasteiger partial charge < -0.3 is 0 Å². The first-order chi connectivity index (χ1) is 4.30. The summed E-state index contributed by atoms with van der Waals surface area (Å²) in [6.45, 7) is 1.94. The van der Waals surface area contributed by atoms with E-state index in [0.717, 1.165) is 5.82 Å². The SMILES string of the molecule is CC(S)c1ncccn1. The number of nitrogens with zero attached hydrogens (tertiary/aromatic N) is 2. The first-order valence-corrected chi connectivity index (χ1v) is 3.27. The Kier molecular flexibility index (Phi) is 2.05. The lowest BCUT2D eigenvalue weighted by atomic mass is 10.4. The highest BCUT2D eigenvalue weighted by molar-refractivity contribution is 7.80. The Bertz CT molecular complexity index is 174. The van der Waals surface area contributed by atoms with Gasteiger partial charge in [-0.2, -0.15) is 12.6 Å². The quantitative estimate of drug-likeness (QED) is 0.598. The van der Waals surface area contributed by atoms with Crippen LogP contribution in [-0.4, -0.2) is 9.97 Å².